The number of likely N-dealkylation sites (tertiary alicyclic amines) is 1. The molecule has 1 aromatic carbocycles. The molecular formula is C14H22N2O3. The SMILES string of the molecule is COc1cc(O)c(C2CC(CN)CN2C)cc1OC. The Labute approximate surface area is 113 Å². The molecule has 0 saturated carbocycles. The molecule has 5 nitrogen and oxygen atoms in total. The Kier molecular flexibility index (Phi) is 4.17. The third-order valence-corrected chi connectivity index (χ3v) is 3.86. The number of phenols is 1. The summed E-state index contributed by atoms with van der Waals surface area (Å²) in [7, 11) is 5.21. The molecule has 1 fully saturated rings. The normalized spacial score (nSPS) is 23.6. The lowest BCUT2D eigenvalue weighted by atomic mass is 9.98. The fraction of sp³-hybridized carbons (Fsp3) is 0.571. The van der Waals surface area contributed by atoms with Crippen LogP contribution >= 0.6 is 0 Å². The van der Waals surface area contributed by atoms with Crippen molar-refractivity contribution in [3.63, 3.8) is 0 Å². The standard InChI is InChI=1S/C14H22N2O3/c1-16-8-9(7-15)4-11(16)10-5-13(18-2)14(19-3)6-12(10)17/h5-6,9,11,17H,4,7-8,15H2,1-3H3. The molecule has 2 rings (SSSR count). The molecule has 0 aliphatic carbocycles. The van der Waals surface area contributed by atoms with Gasteiger partial charge in [0.1, 0.15) is 5.75 Å². The van der Waals surface area contributed by atoms with Gasteiger partial charge in [-0.05, 0) is 32.0 Å². The maximum absolute atomic E-state index is 10.2. The Bertz CT molecular complexity index is 451. The predicted molar refractivity (Wildman–Crippen MR) is 73.7 cm³/mol. The van der Waals surface area contributed by atoms with E-state index < -0.39 is 0 Å². The summed E-state index contributed by atoms with van der Waals surface area (Å²) in [4.78, 5) is 2.22. The molecule has 1 heterocycles. The molecule has 0 spiro atoms. The maximum Gasteiger partial charge on any atom is 0.164 e. The molecule has 0 bridgehead atoms. The topological polar surface area (TPSA) is 68.0 Å². The number of hydrogen-bond acceptors (Lipinski definition) is 5. The van der Waals surface area contributed by atoms with E-state index in [9.17, 15) is 5.11 Å². The average Bonchev–Trinajstić information content (AvgIpc) is 2.79. The predicted octanol–water partition coefficient (Wildman–Crippen LogP) is 1.36. The summed E-state index contributed by atoms with van der Waals surface area (Å²) in [6.45, 7) is 1.63. The van der Waals surface area contributed by atoms with Gasteiger partial charge < -0.3 is 20.3 Å². The van der Waals surface area contributed by atoms with E-state index in [4.69, 9.17) is 15.2 Å². The molecule has 1 aliphatic heterocycles. The van der Waals surface area contributed by atoms with Gasteiger partial charge in [0.25, 0.3) is 0 Å². The van der Waals surface area contributed by atoms with Crippen LogP contribution in [0.2, 0.25) is 0 Å². The van der Waals surface area contributed by atoms with E-state index in [1.54, 1.807) is 20.3 Å². The van der Waals surface area contributed by atoms with Gasteiger partial charge in [0.2, 0.25) is 0 Å². The average molecular weight is 266 g/mol. The number of nitrogens with two attached hydrogens (primary N) is 1. The second-order valence-electron chi connectivity index (χ2n) is 5.06. The van der Waals surface area contributed by atoms with Gasteiger partial charge in [-0.1, -0.05) is 0 Å². The molecule has 1 aromatic rings. The maximum atomic E-state index is 10.2. The zero-order valence-corrected chi connectivity index (χ0v) is 11.7. The summed E-state index contributed by atoms with van der Waals surface area (Å²) in [5, 5.41) is 10.2. The number of ether oxygens (including phenoxy) is 2. The van der Waals surface area contributed by atoms with E-state index in [1.165, 1.54) is 0 Å². The zero-order chi connectivity index (χ0) is 14.0. The summed E-state index contributed by atoms with van der Waals surface area (Å²) in [6.07, 6.45) is 0.954. The molecule has 106 valence electrons. The molecule has 0 aromatic heterocycles. The Morgan fingerprint density at radius 3 is 2.47 bits per heavy atom. The molecule has 2 atom stereocenters. The number of methoxy groups -OCH3 is 2. The lowest BCUT2D eigenvalue weighted by molar-refractivity contribution is 0.301. The molecular weight excluding hydrogens is 244 g/mol. The van der Waals surface area contributed by atoms with Gasteiger partial charge in [-0.3, -0.25) is 4.90 Å². The fourth-order valence-electron chi connectivity index (χ4n) is 2.79. The largest absolute Gasteiger partial charge is 0.507 e. The highest BCUT2D eigenvalue weighted by Crippen LogP contribution is 2.42. The van der Waals surface area contributed by atoms with Gasteiger partial charge in [0.05, 0.1) is 14.2 Å². The third-order valence-electron chi connectivity index (χ3n) is 3.86. The van der Waals surface area contributed by atoms with Gasteiger partial charge in [-0.25, -0.2) is 0 Å². The highest BCUT2D eigenvalue weighted by Gasteiger charge is 2.32. The van der Waals surface area contributed by atoms with Crippen molar-refractivity contribution in [3.8, 4) is 17.2 Å². The summed E-state index contributed by atoms with van der Waals surface area (Å²) >= 11 is 0. The number of rotatable bonds is 4. The van der Waals surface area contributed by atoms with Crippen molar-refractivity contribution in [2.45, 2.75) is 12.5 Å². The van der Waals surface area contributed by atoms with Crippen molar-refractivity contribution in [2.24, 2.45) is 11.7 Å². The van der Waals surface area contributed by atoms with Crippen molar-refractivity contribution in [1.82, 2.24) is 4.90 Å². The van der Waals surface area contributed by atoms with Gasteiger partial charge in [-0.15, -0.1) is 0 Å². The van der Waals surface area contributed by atoms with Crippen molar-refractivity contribution < 1.29 is 14.6 Å². The van der Waals surface area contributed by atoms with Crippen LogP contribution in [0.3, 0.4) is 0 Å². The first kappa shape index (κ1) is 14.0. The molecule has 0 radical (unpaired) electrons. The van der Waals surface area contributed by atoms with E-state index in [0.29, 0.717) is 24.0 Å². The first-order chi connectivity index (χ1) is 9.10. The first-order valence-corrected chi connectivity index (χ1v) is 6.45. The second kappa shape index (κ2) is 5.67. The minimum atomic E-state index is 0.174. The number of hydrogen-bond donors (Lipinski definition) is 2. The lowest BCUT2D eigenvalue weighted by Gasteiger charge is -2.22. The third kappa shape index (κ3) is 2.62. The molecule has 19 heavy (non-hydrogen) atoms. The molecule has 3 N–H and O–H groups in total. The Hall–Kier alpha value is -1.46. The van der Waals surface area contributed by atoms with Gasteiger partial charge >= 0.3 is 0 Å². The van der Waals surface area contributed by atoms with Crippen molar-refractivity contribution in [3.05, 3.63) is 17.7 Å². The summed E-state index contributed by atoms with van der Waals surface area (Å²) in [5.41, 5.74) is 6.61. The van der Waals surface area contributed by atoms with Gasteiger partial charge in [-0.2, -0.15) is 0 Å². The first-order valence-electron chi connectivity index (χ1n) is 6.45. The van der Waals surface area contributed by atoms with Crippen LogP contribution < -0.4 is 15.2 Å². The smallest absolute Gasteiger partial charge is 0.164 e. The number of benzene rings is 1. The van der Waals surface area contributed by atoms with Crippen molar-refractivity contribution >= 4 is 0 Å². The van der Waals surface area contributed by atoms with E-state index in [0.717, 1.165) is 18.5 Å². The molecule has 1 aliphatic rings. The highest BCUT2D eigenvalue weighted by molar-refractivity contribution is 5.51. The Morgan fingerprint density at radius 1 is 1.32 bits per heavy atom. The number of aromatic hydroxyl groups is 1. The van der Waals surface area contributed by atoms with Crippen LogP contribution in [0.25, 0.3) is 0 Å². The summed E-state index contributed by atoms with van der Waals surface area (Å²) < 4.78 is 10.5. The van der Waals surface area contributed by atoms with Crippen LogP contribution in [0.5, 0.6) is 17.2 Å². The Balaban J connectivity index is 2.34. The highest BCUT2D eigenvalue weighted by atomic mass is 16.5. The Morgan fingerprint density at radius 2 is 1.95 bits per heavy atom. The van der Waals surface area contributed by atoms with Crippen LogP contribution in [0.15, 0.2) is 12.1 Å². The second-order valence-corrected chi connectivity index (χ2v) is 5.06. The van der Waals surface area contributed by atoms with E-state index >= 15 is 0 Å². The number of nitrogens with zero attached hydrogens (tertiary/aromatic N) is 1. The van der Waals surface area contributed by atoms with Crippen molar-refractivity contribution in [1.29, 1.82) is 0 Å². The van der Waals surface area contributed by atoms with Crippen LogP contribution in [0.4, 0.5) is 0 Å². The van der Waals surface area contributed by atoms with E-state index in [2.05, 4.69) is 11.9 Å². The minimum Gasteiger partial charge on any atom is -0.507 e. The van der Waals surface area contributed by atoms with Crippen LogP contribution in [-0.2, 0) is 0 Å². The minimum absolute atomic E-state index is 0.174. The van der Waals surface area contributed by atoms with Crippen LogP contribution in [0.1, 0.15) is 18.0 Å². The van der Waals surface area contributed by atoms with Crippen molar-refractivity contribution in [2.75, 3.05) is 34.4 Å². The summed E-state index contributed by atoms with van der Waals surface area (Å²) in [6, 6.07) is 3.64. The molecule has 2 unspecified atom stereocenters. The zero-order valence-electron chi connectivity index (χ0n) is 11.7. The van der Waals surface area contributed by atoms with E-state index in [1.807, 2.05) is 6.07 Å². The van der Waals surface area contributed by atoms with Gasteiger partial charge in [0.15, 0.2) is 11.5 Å². The lowest BCUT2D eigenvalue weighted by Crippen LogP contribution is -2.20. The molecule has 5 heteroatoms. The summed E-state index contributed by atoms with van der Waals surface area (Å²) in [5.74, 6) is 1.90. The fourth-order valence-corrected chi connectivity index (χ4v) is 2.79. The van der Waals surface area contributed by atoms with Gasteiger partial charge in [0, 0.05) is 24.2 Å². The number of phenolic OH excluding ortho intramolecular Hbond substituents is 1. The van der Waals surface area contributed by atoms with Crippen LogP contribution in [-0.4, -0.2) is 44.4 Å². The molecule has 1 saturated heterocycles. The quantitative estimate of drug-likeness (QED) is 0.861. The monoisotopic (exact) mass is 266 g/mol. The van der Waals surface area contributed by atoms with Crippen LogP contribution in [0, 0.1) is 5.92 Å². The molecule has 0 amide bonds. The van der Waals surface area contributed by atoms with E-state index in [-0.39, 0.29) is 11.8 Å².